The summed E-state index contributed by atoms with van der Waals surface area (Å²) in [5.41, 5.74) is 11.2. The van der Waals surface area contributed by atoms with Crippen LogP contribution < -0.4 is 4.74 Å². The number of rotatable bonds is 11. The van der Waals surface area contributed by atoms with Crippen molar-refractivity contribution >= 4 is 67.6 Å². The Kier molecular flexibility index (Phi) is 29.0. The van der Waals surface area contributed by atoms with Gasteiger partial charge in [-0.25, -0.2) is 14.1 Å². The molecular formula is C71H95Cl3F4N10O. The summed E-state index contributed by atoms with van der Waals surface area (Å²) in [5.74, 6) is 3.46. The number of hydrogen-bond donors (Lipinski definition) is 0. The Morgan fingerprint density at radius 2 is 1.11 bits per heavy atom. The molecule has 4 aromatic carbocycles. The van der Waals surface area contributed by atoms with E-state index in [0.717, 1.165) is 48.3 Å². The van der Waals surface area contributed by atoms with E-state index in [2.05, 4.69) is 189 Å². The lowest BCUT2D eigenvalue weighted by molar-refractivity contribution is -0.143. The minimum Gasteiger partial charge on any atom is -0.497 e. The molecule has 0 N–H and O–H groups in total. The van der Waals surface area contributed by atoms with Crippen molar-refractivity contribution in [2.75, 3.05) is 7.11 Å². The second-order valence-electron chi connectivity index (χ2n) is 24.7. The molecule has 0 aliphatic carbocycles. The van der Waals surface area contributed by atoms with E-state index in [1.165, 1.54) is 57.0 Å². The molecule has 6 aromatic heterocycles. The van der Waals surface area contributed by atoms with E-state index < -0.39 is 12.7 Å². The van der Waals surface area contributed by atoms with Gasteiger partial charge in [0.25, 0.3) is 0 Å². The van der Waals surface area contributed by atoms with Gasteiger partial charge in [-0.1, -0.05) is 162 Å². The molecule has 484 valence electrons. The molecule has 6 heterocycles. The number of aryl methyl sites for hydroxylation is 2. The molecule has 10 aromatic rings. The van der Waals surface area contributed by atoms with Crippen molar-refractivity contribution in [1.82, 2.24) is 48.7 Å². The quantitative estimate of drug-likeness (QED) is 0.120. The molecule has 89 heavy (non-hydrogen) atoms. The number of methoxy groups -OCH3 is 1. The molecule has 0 spiro atoms. The molecule has 10 rings (SSSR count). The maximum absolute atomic E-state index is 12.6. The van der Waals surface area contributed by atoms with Gasteiger partial charge in [-0.2, -0.15) is 33.6 Å². The van der Waals surface area contributed by atoms with Crippen LogP contribution in [0.25, 0.3) is 32.8 Å². The van der Waals surface area contributed by atoms with E-state index in [9.17, 15) is 17.6 Å². The maximum atomic E-state index is 12.6. The molecule has 0 fully saturated rings. The van der Waals surface area contributed by atoms with Gasteiger partial charge < -0.3 is 9.30 Å². The highest BCUT2D eigenvalue weighted by Gasteiger charge is 2.29. The van der Waals surface area contributed by atoms with E-state index in [0.29, 0.717) is 52.4 Å². The van der Waals surface area contributed by atoms with Crippen molar-refractivity contribution < 1.29 is 22.3 Å². The fourth-order valence-corrected chi connectivity index (χ4v) is 10.7. The Morgan fingerprint density at radius 1 is 0.528 bits per heavy atom. The van der Waals surface area contributed by atoms with Crippen LogP contribution in [0.1, 0.15) is 217 Å². The monoisotopic (exact) mass is 1280 g/mol. The van der Waals surface area contributed by atoms with Gasteiger partial charge >= 0.3 is 6.18 Å². The van der Waals surface area contributed by atoms with Crippen LogP contribution in [0.4, 0.5) is 17.6 Å². The molecule has 0 aliphatic heterocycles. The first-order valence-corrected chi connectivity index (χ1v) is 31.7. The first-order chi connectivity index (χ1) is 41.7. The largest absolute Gasteiger partial charge is 0.497 e. The zero-order valence-electron chi connectivity index (χ0n) is 56.1. The van der Waals surface area contributed by atoms with Crippen LogP contribution in [0.2, 0.25) is 15.1 Å². The van der Waals surface area contributed by atoms with Crippen molar-refractivity contribution in [1.29, 1.82) is 0 Å². The molecule has 0 amide bonds. The van der Waals surface area contributed by atoms with Gasteiger partial charge in [0, 0.05) is 82.2 Å². The standard InChI is InChI=1S/C12H17N3.C12H15N.C11H14N2.C10H13ClO.C9H10ClF.C9H15ClN2.C8H11F3N2/c1-8(2)10-5-11-7-14-15(9(3)4)12(11)13-6-10;1-9(2)10-5-4-6-12-11(10)7-8-13(12)3;1-8(2)11-9-6-4-5-7-10(9)13(3)12-11;1-7(2)9-6-8(12-3)4-5-10(9)11;1-6(2)8-5-7(11)3-4-9(8)10;1-6(2)9-8(10)5-11-12(9)7(3)4;1-6(2)7-3-4-12-13(7)5-8(9,10)11/h5-9H,1-4H3;4-9H,1-3H3;4-8H,1-3H3;4-7H,1-3H3;3-6H,1-2H3;5-7H,1-4H3;3-4,6H,5H2,1-2H3. The van der Waals surface area contributed by atoms with E-state index in [1.807, 2.05) is 85.4 Å². The molecule has 0 radical (unpaired) electrons. The van der Waals surface area contributed by atoms with Crippen LogP contribution in [-0.2, 0) is 20.6 Å². The number of benzene rings is 4. The number of hydrogen-bond acceptors (Lipinski definition) is 6. The topological polar surface area (TPSA) is 98.3 Å². The van der Waals surface area contributed by atoms with Gasteiger partial charge in [0.2, 0.25) is 0 Å². The Balaban J connectivity index is 0.000000222. The van der Waals surface area contributed by atoms with E-state index in [1.54, 1.807) is 25.4 Å². The highest BCUT2D eigenvalue weighted by molar-refractivity contribution is 6.32. The zero-order valence-corrected chi connectivity index (χ0v) is 58.3. The average molecular weight is 1290 g/mol. The van der Waals surface area contributed by atoms with Crippen molar-refractivity contribution in [3.8, 4) is 5.75 Å². The van der Waals surface area contributed by atoms with Crippen molar-refractivity contribution in [2.45, 2.75) is 191 Å². The molecule has 0 bridgehead atoms. The summed E-state index contributed by atoms with van der Waals surface area (Å²) in [5, 5.41) is 22.7. The minimum absolute atomic E-state index is 0.0600. The highest BCUT2D eigenvalue weighted by atomic mass is 35.5. The molecule has 0 aliphatic rings. The first kappa shape index (κ1) is 74.8. The summed E-state index contributed by atoms with van der Waals surface area (Å²) in [6.07, 6.45) is 4.88. The molecule has 0 unspecified atom stereocenters. The number of ether oxygens (including phenoxy) is 1. The van der Waals surface area contributed by atoms with Crippen LogP contribution in [-0.4, -0.2) is 62.0 Å². The van der Waals surface area contributed by atoms with Crippen molar-refractivity contribution in [3.05, 3.63) is 188 Å². The zero-order chi connectivity index (χ0) is 66.8. The van der Waals surface area contributed by atoms with Gasteiger partial charge in [0.1, 0.15) is 18.1 Å². The Bertz CT molecular complexity index is 3740. The van der Waals surface area contributed by atoms with Crippen molar-refractivity contribution in [2.24, 2.45) is 14.1 Å². The predicted octanol–water partition coefficient (Wildman–Crippen LogP) is 22.0. The van der Waals surface area contributed by atoms with Gasteiger partial charge in [-0.3, -0.25) is 14.0 Å². The number of nitrogens with zero attached hydrogens (tertiary/aromatic N) is 10. The number of alkyl halides is 3. The third-order valence-electron chi connectivity index (χ3n) is 14.4. The van der Waals surface area contributed by atoms with Crippen LogP contribution in [0, 0.1) is 5.82 Å². The van der Waals surface area contributed by atoms with E-state index >= 15 is 0 Å². The normalized spacial score (nSPS) is 11.4. The van der Waals surface area contributed by atoms with Gasteiger partial charge in [0.05, 0.1) is 41.4 Å². The smallest absolute Gasteiger partial charge is 0.408 e. The summed E-state index contributed by atoms with van der Waals surface area (Å²) in [6, 6.07) is 31.8. The molecule has 11 nitrogen and oxygen atoms in total. The Hall–Kier alpha value is -6.68. The number of pyridine rings is 1. The van der Waals surface area contributed by atoms with Crippen LogP contribution in [0.3, 0.4) is 0 Å². The molecule has 0 saturated heterocycles. The summed E-state index contributed by atoms with van der Waals surface area (Å²) >= 11 is 17.8. The van der Waals surface area contributed by atoms with Gasteiger partial charge in [-0.15, -0.1) is 0 Å². The van der Waals surface area contributed by atoms with E-state index in [-0.39, 0.29) is 17.7 Å². The number of aromatic nitrogens is 10. The van der Waals surface area contributed by atoms with Gasteiger partial charge in [-0.05, 0) is 158 Å². The number of halogens is 7. The third kappa shape index (κ3) is 21.8. The lowest BCUT2D eigenvalue weighted by Gasteiger charge is -2.13. The summed E-state index contributed by atoms with van der Waals surface area (Å²) in [6.45, 7) is 36.7. The lowest BCUT2D eigenvalue weighted by atomic mass is 9.99. The Morgan fingerprint density at radius 3 is 1.64 bits per heavy atom. The highest BCUT2D eigenvalue weighted by Crippen LogP contribution is 2.31. The molecule has 18 heteroatoms. The van der Waals surface area contributed by atoms with Crippen LogP contribution in [0.15, 0.2) is 128 Å². The molecular weight excluding hydrogens is 1190 g/mol. The summed E-state index contributed by atoms with van der Waals surface area (Å²) < 4.78 is 62.8. The number of para-hydroxylation sites is 1. The molecule has 0 atom stereocenters. The molecule has 0 saturated carbocycles. The SMILES string of the molecule is CC(C)c1c(Cl)cnn1C(C)C.CC(C)c1cc(F)ccc1Cl.CC(C)c1cccc2c1ccn2C.CC(C)c1ccnn1CC(F)(F)F.CC(C)c1cnc2c(cnn2C(C)C)c1.CC(C)c1nn(C)c2ccccc12.COc1ccc(Cl)c(C(C)C)c1. The predicted molar refractivity (Wildman–Crippen MR) is 365 cm³/mol. The summed E-state index contributed by atoms with van der Waals surface area (Å²) in [7, 11) is 5.74. The fourth-order valence-electron chi connectivity index (χ4n) is 9.63. The van der Waals surface area contributed by atoms with Gasteiger partial charge in [0.15, 0.2) is 5.65 Å². The second kappa shape index (κ2) is 34.5. The maximum Gasteiger partial charge on any atom is 0.408 e. The number of fused-ring (bicyclic) bond motifs is 3. The first-order valence-electron chi connectivity index (χ1n) is 30.6. The summed E-state index contributed by atoms with van der Waals surface area (Å²) in [4.78, 5) is 4.48. The minimum atomic E-state index is -4.20. The lowest BCUT2D eigenvalue weighted by Crippen LogP contribution is -2.20. The average Bonchev–Trinajstić information content (AvgIpc) is 1.89. The fraction of sp³-hybridized carbons (Fsp3) is 0.451. The van der Waals surface area contributed by atoms with E-state index in [4.69, 9.17) is 39.5 Å². The van der Waals surface area contributed by atoms with Crippen molar-refractivity contribution in [3.63, 3.8) is 0 Å². The Labute approximate surface area is 541 Å². The van der Waals surface area contributed by atoms with Crippen LogP contribution >= 0.6 is 34.8 Å². The third-order valence-corrected chi connectivity index (χ3v) is 15.4. The second-order valence-corrected chi connectivity index (χ2v) is 25.9. The van der Waals surface area contributed by atoms with Crippen LogP contribution in [0.5, 0.6) is 5.75 Å².